The lowest BCUT2D eigenvalue weighted by Crippen LogP contribution is -2.26. The van der Waals surface area contributed by atoms with Crippen LogP contribution >= 0.6 is 0 Å². The first-order chi connectivity index (χ1) is 9.45. The fourth-order valence-corrected chi connectivity index (χ4v) is 1.65. The van der Waals surface area contributed by atoms with E-state index in [1.165, 1.54) is 12.1 Å². The Hall–Kier alpha value is -2.71. The van der Waals surface area contributed by atoms with Gasteiger partial charge in [0.15, 0.2) is 5.84 Å². The Morgan fingerprint density at radius 2 is 1.85 bits per heavy atom. The molecule has 0 unspecified atom stereocenters. The van der Waals surface area contributed by atoms with Crippen molar-refractivity contribution in [1.29, 1.82) is 0 Å². The van der Waals surface area contributed by atoms with Gasteiger partial charge < -0.3 is 0 Å². The number of halogens is 3. The number of benzene rings is 1. The van der Waals surface area contributed by atoms with Gasteiger partial charge >= 0.3 is 12.1 Å². The number of nitrogens with zero attached hydrogens (tertiary/aromatic N) is 5. The summed E-state index contributed by atoms with van der Waals surface area (Å²) in [5.74, 6) is -0.916. The summed E-state index contributed by atoms with van der Waals surface area (Å²) in [5, 5.41) is 10.2. The number of carbonyl (C=O) groups excluding carboxylic acids is 1. The van der Waals surface area contributed by atoms with Gasteiger partial charge in [0.25, 0.3) is 0 Å². The van der Waals surface area contributed by atoms with E-state index in [2.05, 4.69) is 25.4 Å². The minimum Gasteiger partial charge on any atom is -0.265 e. The third kappa shape index (κ3) is 2.02. The summed E-state index contributed by atoms with van der Waals surface area (Å²) < 4.78 is 37.9. The van der Waals surface area contributed by atoms with E-state index >= 15 is 0 Å². The summed E-state index contributed by atoms with van der Waals surface area (Å²) in [6.45, 7) is 0. The molecule has 0 N–H and O–H groups in total. The van der Waals surface area contributed by atoms with Crippen molar-refractivity contribution in [3.63, 3.8) is 0 Å². The van der Waals surface area contributed by atoms with Crippen molar-refractivity contribution in [1.82, 2.24) is 0 Å². The fraction of sp³-hybridized carbons (Fsp3) is 0.0909. The first-order valence-corrected chi connectivity index (χ1v) is 5.33. The van der Waals surface area contributed by atoms with Crippen LogP contribution < -0.4 is 0 Å². The van der Waals surface area contributed by atoms with Crippen molar-refractivity contribution >= 4 is 23.3 Å². The van der Waals surface area contributed by atoms with Gasteiger partial charge in [0.2, 0.25) is 11.5 Å². The average Bonchev–Trinajstić information content (AvgIpc) is 2.87. The van der Waals surface area contributed by atoms with Crippen LogP contribution in [0, 0.1) is 0 Å². The summed E-state index contributed by atoms with van der Waals surface area (Å²) in [4.78, 5) is 19.1. The molecule has 6 nitrogen and oxygen atoms in total. The highest BCUT2D eigenvalue weighted by molar-refractivity contribution is 6.69. The maximum absolute atomic E-state index is 12.6. The number of alkyl halides is 3. The van der Waals surface area contributed by atoms with E-state index in [0.29, 0.717) is 0 Å². The van der Waals surface area contributed by atoms with Gasteiger partial charge in [-0.25, -0.2) is 4.99 Å². The van der Waals surface area contributed by atoms with Crippen LogP contribution in [0.2, 0.25) is 0 Å². The fourth-order valence-electron chi connectivity index (χ4n) is 1.65. The molecular formula is C11H4F3N5O. The van der Waals surface area contributed by atoms with Gasteiger partial charge in [-0.1, -0.05) is 12.1 Å². The minimum atomic E-state index is -4.48. The van der Waals surface area contributed by atoms with Crippen LogP contribution in [0.3, 0.4) is 0 Å². The molecule has 0 saturated heterocycles. The van der Waals surface area contributed by atoms with Crippen molar-refractivity contribution in [2.75, 3.05) is 0 Å². The lowest BCUT2D eigenvalue weighted by molar-refractivity contribution is -0.137. The third-order valence-corrected chi connectivity index (χ3v) is 2.57. The number of hydrogen-bond acceptors (Lipinski definition) is 5. The van der Waals surface area contributed by atoms with Gasteiger partial charge in [-0.15, -0.1) is 10.2 Å². The van der Waals surface area contributed by atoms with Crippen molar-refractivity contribution in [2.45, 2.75) is 6.18 Å². The van der Waals surface area contributed by atoms with Crippen LogP contribution in [-0.2, 0) is 11.0 Å². The molecule has 2 heterocycles. The number of rotatable bonds is 1. The Morgan fingerprint density at radius 1 is 1.05 bits per heavy atom. The lowest BCUT2D eigenvalue weighted by Gasteiger charge is -2.10. The van der Waals surface area contributed by atoms with Crippen molar-refractivity contribution in [2.24, 2.45) is 25.4 Å². The second-order valence-corrected chi connectivity index (χ2v) is 3.89. The van der Waals surface area contributed by atoms with Crippen LogP contribution in [0.25, 0.3) is 0 Å². The first-order valence-electron chi connectivity index (χ1n) is 5.33. The Bertz CT molecular complexity index is 730. The zero-order valence-electron chi connectivity index (χ0n) is 9.59. The molecule has 0 fully saturated rings. The second-order valence-electron chi connectivity index (χ2n) is 3.89. The quantitative estimate of drug-likeness (QED) is 0.776. The SMILES string of the molecule is O=C1N=C(c2cccc(C(F)(F)F)c2)N=C2N=NN=C12. The standard InChI is InChI=1S/C11H4F3N5O/c12-11(13,14)6-3-1-2-5(4-6)8-15-9-7(10(20)16-8)17-19-18-9/h1-4H. The molecule has 3 rings (SSSR count). The Morgan fingerprint density at radius 3 is 2.60 bits per heavy atom. The molecule has 20 heavy (non-hydrogen) atoms. The lowest BCUT2D eigenvalue weighted by atomic mass is 10.1. The van der Waals surface area contributed by atoms with Crippen LogP contribution in [0.1, 0.15) is 11.1 Å². The summed E-state index contributed by atoms with van der Waals surface area (Å²) >= 11 is 0. The predicted octanol–water partition coefficient (Wildman–Crippen LogP) is 2.21. The van der Waals surface area contributed by atoms with E-state index in [1.807, 2.05) is 0 Å². The predicted molar refractivity (Wildman–Crippen MR) is 62.7 cm³/mol. The highest BCUT2D eigenvalue weighted by Crippen LogP contribution is 2.30. The van der Waals surface area contributed by atoms with Gasteiger partial charge in [0, 0.05) is 5.56 Å². The molecule has 0 radical (unpaired) electrons. The molecule has 0 aliphatic carbocycles. The molecular weight excluding hydrogens is 275 g/mol. The highest BCUT2D eigenvalue weighted by atomic mass is 19.4. The molecule has 0 saturated carbocycles. The molecule has 100 valence electrons. The molecule has 0 bridgehead atoms. The molecule has 2 aliphatic rings. The van der Waals surface area contributed by atoms with E-state index in [1.54, 1.807) is 0 Å². The minimum absolute atomic E-state index is 0.0441. The Labute approximate surface area is 109 Å². The number of carbonyl (C=O) groups is 1. The molecule has 1 aromatic carbocycles. The number of aliphatic imine (C=N–C) groups is 2. The molecule has 2 aliphatic heterocycles. The van der Waals surface area contributed by atoms with Crippen molar-refractivity contribution < 1.29 is 18.0 Å². The van der Waals surface area contributed by atoms with Crippen LogP contribution in [0.4, 0.5) is 13.2 Å². The average molecular weight is 279 g/mol. The number of amides is 1. The zero-order valence-corrected chi connectivity index (χ0v) is 9.59. The van der Waals surface area contributed by atoms with E-state index in [9.17, 15) is 18.0 Å². The van der Waals surface area contributed by atoms with E-state index in [-0.39, 0.29) is 22.9 Å². The van der Waals surface area contributed by atoms with Gasteiger partial charge in [-0.3, -0.25) is 4.79 Å². The Balaban J connectivity index is 2.05. The number of amidine groups is 2. The first kappa shape index (κ1) is 12.3. The molecule has 1 amide bonds. The largest absolute Gasteiger partial charge is 0.416 e. The van der Waals surface area contributed by atoms with E-state index in [4.69, 9.17) is 0 Å². The summed E-state index contributed by atoms with van der Waals surface area (Å²) in [6, 6.07) is 4.37. The molecule has 1 aromatic rings. The van der Waals surface area contributed by atoms with E-state index < -0.39 is 17.6 Å². The summed E-state index contributed by atoms with van der Waals surface area (Å²) in [5.41, 5.74) is -0.889. The summed E-state index contributed by atoms with van der Waals surface area (Å²) in [6.07, 6.45) is -4.48. The summed E-state index contributed by atoms with van der Waals surface area (Å²) in [7, 11) is 0. The zero-order chi connectivity index (χ0) is 14.3. The highest BCUT2D eigenvalue weighted by Gasteiger charge is 2.32. The third-order valence-electron chi connectivity index (χ3n) is 2.57. The van der Waals surface area contributed by atoms with Gasteiger partial charge in [0.1, 0.15) is 0 Å². The number of fused-ring (bicyclic) bond motifs is 1. The number of hydrogen-bond donors (Lipinski definition) is 0. The maximum atomic E-state index is 12.6. The maximum Gasteiger partial charge on any atom is 0.416 e. The topological polar surface area (TPSA) is 78.9 Å². The molecule has 0 atom stereocenters. The molecule has 0 aromatic heterocycles. The van der Waals surface area contributed by atoms with Gasteiger partial charge in [-0.05, 0) is 17.4 Å². The molecule has 9 heteroatoms. The van der Waals surface area contributed by atoms with Gasteiger partial charge in [-0.2, -0.15) is 18.2 Å². The Kier molecular flexibility index (Phi) is 2.56. The van der Waals surface area contributed by atoms with Crippen LogP contribution in [0.5, 0.6) is 0 Å². The van der Waals surface area contributed by atoms with Crippen molar-refractivity contribution in [3.05, 3.63) is 35.4 Å². The second kappa shape index (κ2) is 4.15. The smallest absolute Gasteiger partial charge is 0.265 e. The van der Waals surface area contributed by atoms with Gasteiger partial charge in [0.05, 0.1) is 5.56 Å². The van der Waals surface area contributed by atoms with Crippen molar-refractivity contribution in [3.8, 4) is 0 Å². The van der Waals surface area contributed by atoms with Crippen LogP contribution in [0.15, 0.2) is 49.7 Å². The van der Waals surface area contributed by atoms with E-state index in [0.717, 1.165) is 12.1 Å². The normalized spacial score (nSPS) is 17.6. The van der Waals surface area contributed by atoms with Crippen LogP contribution in [-0.4, -0.2) is 23.3 Å². The monoisotopic (exact) mass is 279 g/mol. The molecule has 0 spiro atoms.